The van der Waals surface area contributed by atoms with Gasteiger partial charge in [-0.1, -0.05) is 6.92 Å². The van der Waals surface area contributed by atoms with Gasteiger partial charge in [0.25, 0.3) is 0 Å². The highest BCUT2D eigenvalue weighted by Gasteiger charge is 2.08. The molecule has 1 atom stereocenters. The molecule has 3 heteroatoms. The maximum absolute atomic E-state index is 12.7. The Morgan fingerprint density at radius 2 is 2.40 bits per heavy atom. The van der Waals surface area contributed by atoms with E-state index in [4.69, 9.17) is 5.73 Å². The SMILES string of the molecule is CC[C@@H](N)c1cscc1F. The van der Waals surface area contributed by atoms with Crippen LogP contribution in [0.4, 0.5) is 4.39 Å². The molecule has 0 fully saturated rings. The van der Waals surface area contributed by atoms with Crippen molar-refractivity contribution in [3.8, 4) is 0 Å². The Morgan fingerprint density at radius 3 is 2.80 bits per heavy atom. The molecule has 2 N–H and O–H groups in total. The number of nitrogens with two attached hydrogens (primary N) is 1. The highest BCUT2D eigenvalue weighted by molar-refractivity contribution is 7.08. The average Bonchev–Trinajstić information content (AvgIpc) is 2.34. The topological polar surface area (TPSA) is 26.0 Å². The van der Waals surface area contributed by atoms with Gasteiger partial charge in [-0.3, -0.25) is 0 Å². The van der Waals surface area contributed by atoms with E-state index >= 15 is 0 Å². The third-order valence-corrected chi connectivity index (χ3v) is 2.21. The van der Waals surface area contributed by atoms with E-state index in [1.54, 1.807) is 5.38 Å². The van der Waals surface area contributed by atoms with Crippen molar-refractivity contribution in [2.24, 2.45) is 5.73 Å². The number of hydrogen-bond donors (Lipinski definition) is 1. The fourth-order valence-electron chi connectivity index (χ4n) is 0.776. The molecule has 0 saturated carbocycles. The minimum absolute atomic E-state index is 0.133. The summed E-state index contributed by atoms with van der Waals surface area (Å²) in [5.74, 6) is -0.167. The lowest BCUT2D eigenvalue weighted by atomic mass is 10.1. The van der Waals surface area contributed by atoms with Gasteiger partial charge in [-0.2, -0.15) is 0 Å². The zero-order chi connectivity index (χ0) is 7.56. The van der Waals surface area contributed by atoms with Crippen molar-refractivity contribution >= 4 is 11.3 Å². The summed E-state index contributed by atoms with van der Waals surface area (Å²) in [7, 11) is 0. The van der Waals surface area contributed by atoms with E-state index in [1.807, 2.05) is 6.92 Å². The highest BCUT2D eigenvalue weighted by Crippen LogP contribution is 2.20. The van der Waals surface area contributed by atoms with Gasteiger partial charge in [0.15, 0.2) is 0 Å². The second-order valence-corrected chi connectivity index (χ2v) is 2.93. The first-order valence-electron chi connectivity index (χ1n) is 3.23. The van der Waals surface area contributed by atoms with Gasteiger partial charge in [-0.15, -0.1) is 11.3 Å². The summed E-state index contributed by atoms with van der Waals surface area (Å²) >= 11 is 1.35. The van der Waals surface area contributed by atoms with Gasteiger partial charge in [0.05, 0.1) is 0 Å². The Labute approximate surface area is 63.7 Å². The maximum Gasteiger partial charge on any atom is 0.138 e. The van der Waals surface area contributed by atoms with E-state index < -0.39 is 0 Å². The summed E-state index contributed by atoms with van der Waals surface area (Å²) in [5.41, 5.74) is 6.25. The predicted octanol–water partition coefficient (Wildman–Crippen LogP) is 2.30. The first kappa shape index (κ1) is 7.69. The van der Waals surface area contributed by atoms with Crippen molar-refractivity contribution < 1.29 is 4.39 Å². The molecule has 0 spiro atoms. The van der Waals surface area contributed by atoms with Gasteiger partial charge in [-0.25, -0.2) is 4.39 Å². The monoisotopic (exact) mass is 159 g/mol. The van der Waals surface area contributed by atoms with Crippen LogP contribution in [0.2, 0.25) is 0 Å². The molecule has 0 amide bonds. The molecule has 1 rings (SSSR count). The van der Waals surface area contributed by atoms with Crippen LogP contribution in [0.5, 0.6) is 0 Å². The van der Waals surface area contributed by atoms with Crippen LogP contribution in [0.3, 0.4) is 0 Å². The highest BCUT2D eigenvalue weighted by atomic mass is 32.1. The average molecular weight is 159 g/mol. The van der Waals surface area contributed by atoms with Gasteiger partial charge in [0.2, 0.25) is 0 Å². The Bertz CT molecular complexity index is 209. The third kappa shape index (κ3) is 1.36. The maximum atomic E-state index is 12.7. The van der Waals surface area contributed by atoms with E-state index in [-0.39, 0.29) is 11.9 Å². The van der Waals surface area contributed by atoms with Crippen molar-refractivity contribution in [2.75, 3.05) is 0 Å². The number of halogens is 1. The van der Waals surface area contributed by atoms with Crippen LogP contribution in [0.15, 0.2) is 10.8 Å². The van der Waals surface area contributed by atoms with Gasteiger partial charge < -0.3 is 5.73 Å². The summed E-state index contributed by atoms with van der Waals surface area (Å²) in [5, 5.41) is 3.24. The molecule has 0 aromatic carbocycles. The Balaban J connectivity index is 2.82. The first-order valence-corrected chi connectivity index (χ1v) is 4.17. The molecule has 56 valence electrons. The third-order valence-electron chi connectivity index (χ3n) is 1.48. The van der Waals surface area contributed by atoms with Crippen LogP contribution in [-0.2, 0) is 0 Å². The Kier molecular flexibility index (Phi) is 2.40. The van der Waals surface area contributed by atoms with Crippen LogP contribution in [0, 0.1) is 5.82 Å². The van der Waals surface area contributed by atoms with Gasteiger partial charge in [0, 0.05) is 17.0 Å². The Morgan fingerprint density at radius 1 is 1.70 bits per heavy atom. The fraction of sp³-hybridized carbons (Fsp3) is 0.429. The molecule has 0 unspecified atom stereocenters. The number of rotatable bonds is 2. The number of thiophene rings is 1. The van der Waals surface area contributed by atoms with E-state index in [9.17, 15) is 4.39 Å². The zero-order valence-electron chi connectivity index (χ0n) is 5.80. The van der Waals surface area contributed by atoms with E-state index in [0.717, 1.165) is 6.42 Å². The van der Waals surface area contributed by atoms with Crippen LogP contribution >= 0.6 is 11.3 Å². The second kappa shape index (κ2) is 3.12. The summed E-state index contributed by atoms with van der Waals surface area (Å²) in [4.78, 5) is 0. The lowest BCUT2D eigenvalue weighted by Crippen LogP contribution is -2.08. The summed E-state index contributed by atoms with van der Waals surface area (Å²) in [6.07, 6.45) is 0.785. The summed E-state index contributed by atoms with van der Waals surface area (Å²) in [6, 6.07) is -0.133. The van der Waals surface area contributed by atoms with Crippen LogP contribution in [0.1, 0.15) is 24.9 Å². The molecule has 0 saturated heterocycles. The molecule has 1 heterocycles. The molecule has 0 radical (unpaired) electrons. The summed E-state index contributed by atoms with van der Waals surface area (Å²) in [6.45, 7) is 1.95. The van der Waals surface area contributed by atoms with Crippen molar-refractivity contribution in [1.82, 2.24) is 0 Å². The second-order valence-electron chi connectivity index (χ2n) is 2.19. The van der Waals surface area contributed by atoms with Gasteiger partial charge in [0.1, 0.15) is 5.82 Å². The molecular formula is C7H10FNS. The number of hydrogen-bond acceptors (Lipinski definition) is 2. The van der Waals surface area contributed by atoms with Crippen LogP contribution in [-0.4, -0.2) is 0 Å². The molecular weight excluding hydrogens is 149 g/mol. The zero-order valence-corrected chi connectivity index (χ0v) is 6.62. The van der Waals surface area contributed by atoms with Crippen LogP contribution < -0.4 is 5.73 Å². The molecule has 1 aromatic rings. The molecule has 0 aliphatic heterocycles. The van der Waals surface area contributed by atoms with E-state index in [1.165, 1.54) is 16.7 Å². The Hall–Kier alpha value is -0.410. The lowest BCUT2D eigenvalue weighted by Gasteiger charge is -2.04. The predicted molar refractivity (Wildman–Crippen MR) is 41.5 cm³/mol. The van der Waals surface area contributed by atoms with E-state index in [0.29, 0.717) is 5.56 Å². The standard InChI is InChI=1S/C7H10FNS/c1-2-7(9)5-3-10-4-6(5)8/h3-4,7H,2,9H2,1H3/t7-/m1/s1. The largest absolute Gasteiger partial charge is 0.324 e. The molecule has 0 bridgehead atoms. The minimum atomic E-state index is -0.167. The van der Waals surface area contributed by atoms with Crippen molar-refractivity contribution in [2.45, 2.75) is 19.4 Å². The van der Waals surface area contributed by atoms with Gasteiger partial charge >= 0.3 is 0 Å². The van der Waals surface area contributed by atoms with Crippen LogP contribution in [0.25, 0.3) is 0 Å². The molecule has 0 aliphatic carbocycles. The first-order chi connectivity index (χ1) is 4.75. The molecule has 10 heavy (non-hydrogen) atoms. The molecule has 0 aliphatic rings. The smallest absolute Gasteiger partial charge is 0.138 e. The summed E-state index contributed by atoms with van der Waals surface area (Å²) < 4.78 is 12.7. The van der Waals surface area contributed by atoms with Crippen molar-refractivity contribution in [3.05, 3.63) is 22.1 Å². The quantitative estimate of drug-likeness (QED) is 0.704. The lowest BCUT2D eigenvalue weighted by molar-refractivity contribution is 0.582. The normalized spacial score (nSPS) is 13.5. The minimum Gasteiger partial charge on any atom is -0.324 e. The van der Waals surface area contributed by atoms with Crippen molar-refractivity contribution in [3.63, 3.8) is 0 Å². The van der Waals surface area contributed by atoms with Crippen molar-refractivity contribution in [1.29, 1.82) is 0 Å². The molecule has 1 nitrogen and oxygen atoms in total. The molecule has 1 aromatic heterocycles. The fourth-order valence-corrected chi connectivity index (χ4v) is 1.53. The van der Waals surface area contributed by atoms with Gasteiger partial charge in [-0.05, 0) is 11.8 Å². The van der Waals surface area contributed by atoms with E-state index in [2.05, 4.69) is 0 Å².